The van der Waals surface area contributed by atoms with Crippen molar-refractivity contribution in [3.63, 3.8) is 0 Å². The molecule has 3 aliphatic carbocycles. The van der Waals surface area contributed by atoms with Crippen molar-refractivity contribution in [1.82, 2.24) is 0 Å². The van der Waals surface area contributed by atoms with Crippen LogP contribution in [0.15, 0.2) is 0 Å². The topological polar surface area (TPSA) is 17.1 Å². The number of carbonyl (C=O) groups is 1. The summed E-state index contributed by atoms with van der Waals surface area (Å²) in [6.07, 6.45) is 6.14. The van der Waals surface area contributed by atoms with E-state index in [1.807, 2.05) is 0 Å². The minimum absolute atomic E-state index is 0.322. The molecule has 0 aliphatic heterocycles. The predicted molar refractivity (Wildman–Crippen MR) is 65.1 cm³/mol. The van der Waals surface area contributed by atoms with Gasteiger partial charge in [0.1, 0.15) is 5.78 Å². The molecule has 1 nitrogen and oxygen atoms in total. The third kappa shape index (κ3) is 0.966. The van der Waals surface area contributed by atoms with E-state index in [2.05, 4.69) is 27.7 Å². The molecule has 0 aromatic carbocycles. The van der Waals surface area contributed by atoms with Crippen LogP contribution in [-0.2, 0) is 4.79 Å². The van der Waals surface area contributed by atoms with Gasteiger partial charge in [-0.3, -0.25) is 4.79 Å². The lowest BCUT2D eigenvalue weighted by molar-refractivity contribution is -0.139. The first-order chi connectivity index (χ1) is 7.34. The monoisotopic (exact) mass is 220 g/mol. The number of hydrogen-bond acceptors (Lipinski definition) is 1. The van der Waals surface area contributed by atoms with Crippen LogP contribution in [0.3, 0.4) is 0 Å². The lowest BCUT2D eigenvalue weighted by Gasteiger charge is -2.55. The van der Waals surface area contributed by atoms with Gasteiger partial charge in [-0.15, -0.1) is 0 Å². The van der Waals surface area contributed by atoms with E-state index in [4.69, 9.17) is 0 Å². The molecule has 1 heteroatoms. The second-order valence-electron chi connectivity index (χ2n) is 7.51. The van der Waals surface area contributed by atoms with Crippen molar-refractivity contribution in [2.45, 2.75) is 59.8 Å². The molecule has 16 heavy (non-hydrogen) atoms. The van der Waals surface area contributed by atoms with E-state index in [1.54, 1.807) is 0 Å². The third-order valence-corrected chi connectivity index (χ3v) is 6.51. The molecule has 1 unspecified atom stereocenters. The van der Waals surface area contributed by atoms with Crippen LogP contribution in [0.4, 0.5) is 0 Å². The first kappa shape index (κ1) is 10.8. The average molecular weight is 220 g/mol. The molecule has 1 spiro atoms. The van der Waals surface area contributed by atoms with Gasteiger partial charge in [0.2, 0.25) is 0 Å². The van der Waals surface area contributed by atoms with Gasteiger partial charge in [-0.25, -0.2) is 0 Å². The molecule has 0 saturated heterocycles. The number of ketones is 1. The van der Waals surface area contributed by atoms with E-state index in [1.165, 1.54) is 25.7 Å². The van der Waals surface area contributed by atoms with E-state index in [0.717, 1.165) is 6.42 Å². The molecule has 0 aromatic rings. The molecule has 3 saturated carbocycles. The van der Waals surface area contributed by atoms with Gasteiger partial charge in [0, 0.05) is 12.3 Å². The standard InChI is InChI=1S/C15H24O/c1-10-11-8-15(11)13(2,3)6-5-7-14(15,4)9-12(10)16/h10-11H,5-9H2,1-4H3/t10-,11+,14-,15?/m0/s1. The third-order valence-electron chi connectivity index (χ3n) is 6.51. The minimum atomic E-state index is 0.322. The molecule has 0 amide bonds. The molecule has 0 N–H and O–H groups in total. The summed E-state index contributed by atoms with van der Waals surface area (Å²) in [6.45, 7) is 9.48. The van der Waals surface area contributed by atoms with Crippen molar-refractivity contribution in [3.05, 3.63) is 0 Å². The van der Waals surface area contributed by atoms with E-state index >= 15 is 0 Å². The quantitative estimate of drug-likeness (QED) is 0.606. The van der Waals surface area contributed by atoms with Gasteiger partial charge in [0.15, 0.2) is 0 Å². The van der Waals surface area contributed by atoms with Crippen molar-refractivity contribution < 1.29 is 4.79 Å². The van der Waals surface area contributed by atoms with Crippen LogP contribution >= 0.6 is 0 Å². The molecule has 0 radical (unpaired) electrons. The zero-order valence-corrected chi connectivity index (χ0v) is 11.1. The van der Waals surface area contributed by atoms with Crippen molar-refractivity contribution >= 4 is 5.78 Å². The fraction of sp³-hybridized carbons (Fsp3) is 0.933. The maximum Gasteiger partial charge on any atom is 0.136 e. The summed E-state index contributed by atoms with van der Waals surface area (Å²) in [5.41, 5.74) is 1.29. The number of hydrogen-bond donors (Lipinski definition) is 0. The van der Waals surface area contributed by atoms with E-state index in [-0.39, 0.29) is 0 Å². The first-order valence-corrected chi connectivity index (χ1v) is 6.87. The van der Waals surface area contributed by atoms with E-state index in [9.17, 15) is 4.79 Å². The number of Topliss-reactive ketones (excluding diaryl/α,β-unsaturated/α-hetero) is 1. The molecule has 3 aliphatic rings. The average Bonchev–Trinajstić information content (AvgIpc) is 2.89. The Labute approximate surface area is 99.0 Å². The van der Waals surface area contributed by atoms with Gasteiger partial charge in [-0.05, 0) is 41.4 Å². The highest BCUT2D eigenvalue weighted by molar-refractivity contribution is 5.84. The summed E-state index contributed by atoms with van der Waals surface area (Å²) < 4.78 is 0. The largest absolute Gasteiger partial charge is 0.299 e. The maximum atomic E-state index is 12.1. The molecule has 4 atom stereocenters. The molecule has 3 fully saturated rings. The fourth-order valence-electron chi connectivity index (χ4n) is 5.56. The Morgan fingerprint density at radius 2 is 1.88 bits per heavy atom. The second kappa shape index (κ2) is 2.73. The lowest BCUT2D eigenvalue weighted by Crippen LogP contribution is -2.50. The normalized spacial score (nSPS) is 54.1. The zero-order chi connectivity index (χ0) is 11.8. The highest BCUT2D eigenvalue weighted by Crippen LogP contribution is 2.80. The highest BCUT2D eigenvalue weighted by Gasteiger charge is 2.75. The minimum Gasteiger partial charge on any atom is -0.299 e. The summed E-state index contributed by atoms with van der Waals surface area (Å²) in [5, 5.41) is 0. The van der Waals surface area contributed by atoms with Gasteiger partial charge < -0.3 is 0 Å². The molecule has 0 aromatic heterocycles. The Kier molecular flexibility index (Phi) is 1.85. The Balaban J connectivity index is 2.06. The van der Waals surface area contributed by atoms with Gasteiger partial charge in [-0.1, -0.05) is 34.1 Å². The molecule has 3 rings (SSSR count). The van der Waals surface area contributed by atoms with Crippen LogP contribution in [0.1, 0.15) is 59.8 Å². The SMILES string of the molecule is C[C@@H]1C(=O)C[C@]2(C)CCCC(C)(C)C23C[C@H]13. The highest BCUT2D eigenvalue weighted by atomic mass is 16.1. The predicted octanol–water partition coefficient (Wildman–Crippen LogP) is 3.82. The maximum absolute atomic E-state index is 12.1. The lowest BCUT2D eigenvalue weighted by atomic mass is 9.48. The van der Waals surface area contributed by atoms with Crippen LogP contribution < -0.4 is 0 Å². The van der Waals surface area contributed by atoms with Crippen LogP contribution in [0.2, 0.25) is 0 Å². The van der Waals surface area contributed by atoms with Crippen LogP contribution in [0, 0.1) is 28.1 Å². The van der Waals surface area contributed by atoms with E-state index < -0.39 is 0 Å². The Bertz CT molecular complexity index is 356. The van der Waals surface area contributed by atoms with Crippen LogP contribution in [0.5, 0.6) is 0 Å². The number of rotatable bonds is 0. The summed E-state index contributed by atoms with van der Waals surface area (Å²) in [4.78, 5) is 12.1. The smallest absolute Gasteiger partial charge is 0.136 e. The van der Waals surface area contributed by atoms with Gasteiger partial charge in [0.25, 0.3) is 0 Å². The summed E-state index contributed by atoms with van der Waals surface area (Å²) >= 11 is 0. The Hall–Kier alpha value is -0.330. The molecular formula is C15H24O. The van der Waals surface area contributed by atoms with Crippen LogP contribution in [0.25, 0.3) is 0 Å². The van der Waals surface area contributed by atoms with Gasteiger partial charge >= 0.3 is 0 Å². The molecule has 0 bridgehead atoms. The Morgan fingerprint density at radius 1 is 1.19 bits per heavy atom. The first-order valence-electron chi connectivity index (χ1n) is 6.87. The van der Waals surface area contributed by atoms with Crippen molar-refractivity contribution in [2.24, 2.45) is 28.1 Å². The van der Waals surface area contributed by atoms with E-state index in [0.29, 0.717) is 33.9 Å². The van der Waals surface area contributed by atoms with Gasteiger partial charge in [0.05, 0.1) is 0 Å². The van der Waals surface area contributed by atoms with Crippen molar-refractivity contribution in [1.29, 1.82) is 0 Å². The summed E-state index contributed by atoms with van der Waals surface area (Å²) in [7, 11) is 0. The second-order valence-corrected chi connectivity index (χ2v) is 7.51. The van der Waals surface area contributed by atoms with Crippen molar-refractivity contribution in [2.75, 3.05) is 0 Å². The van der Waals surface area contributed by atoms with Crippen LogP contribution in [-0.4, -0.2) is 5.78 Å². The fourth-order valence-corrected chi connectivity index (χ4v) is 5.56. The summed E-state index contributed by atoms with van der Waals surface area (Å²) in [6, 6.07) is 0. The number of carbonyl (C=O) groups excluding carboxylic acids is 1. The van der Waals surface area contributed by atoms with Crippen molar-refractivity contribution in [3.8, 4) is 0 Å². The summed E-state index contributed by atoms with van der Waals surface area (Å²) in [5.74, 6) is 1.58. The Morgan fingerprint density at radius 3 is 2.56 bits per heavy atom. The molecule has 0 heterocycles. The molecular weight excluding hydrogens is 196 g/mol. The molecule has 90 valence electrons. The zero-order valence-electron chi connectivity index (χ0n) is 11.1. The van der Waals surface area contributed by atoms with Gasteiger partial charge in [-0.2, -0.15) is 0 Å².